The molecular formula is C34H36FN3O4S. The molecule has 9 heteroatoms. The lowest BCUT2D eigenvalue weighted by Crippen LogP contribution is -2.54. The van der Waals surface area contributed by atoms with Crippen LogP contribution in [0.25, 0.3) is 0 Å². The van der Waals surface area contributed by atoms with E-state index in [0.717, 1.165) is 33.1 Å². The molecule has 0 fully saturated rings. The summed E-state index contributed by atoms with van der Waals surface area (Å²) in [5.41, 5.74) is 2.72. The van der Waals surface area contributed by atoms with E-state index in [4.69, 9.17) is 0 Å². The zero-order valence-corrected chi connectivity index (χ0v) is 25.3. The maximum absolute atomic E-state index is 14.4. The Morgan fingerprint density at radius 2 is 1.40 bits per heavy atom. The van der Waals surface area contributed by atoms with Crippen LogP contribution < -0.4 is 9.62 Å². The molecule has 7 nitrogen and oxygen atoms in total. The maximum Gasteiger partial charge on any atom is 0.264 e. The summed E-state index contributed by atoms with van der Waals surface area (Å²) in [4.78, 5) is 29.5. The molecule has 0 aliphatic carbocycles. The number of hydrogen-bond donors (Lipinski definition) is 1. The van der Waals surface area contributed by atoms with E-state index in [1.807, 2.05) is 75.4 Å². The molecule has 2 amide bonds. The molecule has 4 aromatic rings. The third-order valence-electron chi connectivity index (χ3n) is 7.03. The minimum absolute atomic E-state index is 0.0176. The SMILES string of the molecule is Cc1ccccc1CN(C(=O)CN(c1ccc(F)cc1)S(=O)(=O)c1ccccc1)[C@@H](Cc1ccccc1)C(=O)NC(C)C. The number of anilines is 1. The second kappa shape index (κ2) is 14.1. The molecule has 0 radical (unpaired) electrons. The van der Waals surface area contributed by atoms with Gasteiger partial charge in [0.15, 0.2) is 0 Å². The largest absolute Gasteiger partial charge is 0.352 e. The molecule has 4 aromatic carbocycles. The summed E-state index contributed by atoms with van der Waals surface area (Å²) in [5, 5.41) is 2.94. The summed E-state index contributed by atoms with van der Waals surface area (Å²) in [6, 6.07) is 28.5. The number of rotatable bonds is 12. The van der Waals surface area contributed by atoms with Crippen molar-refractivity contribution in [1.29, 1.82) is 0 Å². The van der Waals surface area contributed by atoms with Gasteiger partial charge in [-0.15, -0.1) is 0 Å². The predicted molar refractivity (Wildman–Crippen MR) is 166 cm³/mol. The number of carbonyl (C=O) groups excluding carboxylic acids is 2. The number of carbonyl (C=O) groups is 2. The molecule has 224 valence electrons. The molecule has 43 heavy (non-hydrogen) atoms. The van der Waals surface area contributed by atoms with Gasteiger partial charge in [-0.3, -0.25) is 13.9 Å². The van der Waals surface area contributed by atoms with Crippen LogP contribution in [0.5, 0.6) is 0 Å². The van der Waals surface area contributed by atoms with Crippen molar-refractivity contribution in [3.05, 3.63) is 132 Å². The Balaban J connectivity index is 1.80. The first-order valence-corrected chi connectivity index (χ1v) is 15.5. The van der Waals surface area contributed by atoms with Gasteiger partial charge in [0, 0.05) is 19.0 Å². The van der Waals surface area contributed by atoms with Gasteiger partial charge in [0.25, 0.3) is 10.0 Å². The normalized spacial score (nSPS) is 12.0. The highest BCUT2D eigenvalue weighted by Crippen LogP contribution is 2.25. The molecule has 1 atom stereocenters. The van der Waals surface area contributed by atoms with Crippen LogP contribution in [-0.2, 0) is 32.6 Å². The van der Waals surface area contributed by atoms with Crippen LogP contribution >= 0.6 is 0 Å². The molecule has 0 unspecified atom stereocenters. The van der Waals surface area contributed by atoms with Gasteiger partial charge in [0.1, 0.15) is 18.4 Å². The Bertz CT molecular complexity index is 1630. The Morgan fingerprint density at radius 1 is 0.814 bits per heavy atom. The lowest BCUT2D eigenvalue weighted by Gasteiger charge is -2.34. The average Bonchev–Trinajstić information content (AvgIpc) is 2.99. The van der Waals surface area contributed by atoms with Crippen molar-refractivity contribution in [1.82, 2.24) is 10.2 Å². The third kappa shape index (κ3) is 8.08. The fourth-order valence-corrected chi connectivity index (χ4v) is 6.20. The topological polar surface area (TPSA) is 86.8 Å². The first kappa shape index (κ1) is 31.4. The average molecular weight is 602 g/mol. The Labute approximate surface area is 253 Å². The van der Waals surface area contributed by atoms with E-state index in [1.165, 1.54) is 29.2 Å². The molecule has 0 saturated carbocycles. The number of halogens is 1. The van der Waals surface area contributed by atoms with Gasteiger partial charge < -0.3 is 10.2 Å². The third-order valence-corrected chi connectivity index (χ3v) is 8.82. The molecule has 4 rings (SSSR count). The van der Waals surface area contributed by atoms with Crippen LogP contribution in [0.3, 0.4) is 0 Å². The van der Waals surface area contributed by atoms with E-state index in [1.54, 1.807) is 18.2 Å². The highest BCUT2D eigenvalue weighted by Gasteiger charge is 2.35. The van der Waals surface area contributed by atoms with Gasteiger partial charge in [0.05, 0.1) is 10.6 Å². The second-order valence-electron chi connectivity index (χ2n) is 10.6. The predicted octanol–water partition coefficient (Wildman–Crippen LogP) is 5.49. The summed E-state index contributed by atoms with van der Waals surface area (Å²) in [5.74, 6) is -1.46. The van der Waals surface area contributed by atoms with Gasteiger partial charge in [0.2, 0.25) is 11.8 Å². The maximum atomic E-state index is 14.4. The highest BCUT2D eigenvalue weighted by molar-refractivity contribution is 7.92. The lowest BCUT2D eigenvalue weighted by molar-refractivity contribution is -0.140. The molecule has 0 saturated heterocycles. The summed E-state index contributed by atoms with van der Waals surface area (Å²) in [6.45, 7) is 5.08. The standard InChI is InChI=1S/C34H36FN3O4S/c1-25(2)36-34(40)32(22-27-13-6-4-7-14-27)37(23-28-15-11-10-12-26(28)3)33(39)24-38(30-20-18-29(35)19-21-30)43(41,42)31-16-8-5-9-17-31/h4-21,25,32H,22-24H2,1-3H3,(H,36,40)/t32-/m0/s1. The fraction of sp³-hybridized carbons (Fsp3) is 0.235. The summed E-state index contributed by atoms with van der Waals surface area (Å²) < 4.78 is 42.6. The molecular weight excluding hydrogens is 565 g/mol. The highest BCUT2D eigenvalue weighted by atomic mass is 32.2. The summed E-state index contributed by atoms with van der Waals surface area (Å²) in [7, 11) is -4.24. The van der Waals surface area contributed by atoms with Crippen LogP contribution in [0.1, 0.15) is 30.5 Å². The molecule has 0 bridgehead atoms. The van der Waals surface area contributed by atoms with E-state index in [2.05, 4.69) is 5.32 Å². The smallest absolute Gasteiger partial charge is 0.264 e. The number of nitrogens with zero attached hydrogens (tertiary/aromatic N) is 2. The minimum Gasteiger partial charge on any atom is -0.352 e. The van der Waals surface area contributed by atoms with Crippen LogP contribution in [0.15, 0.2) is 114 Å². The van der Waals surface area contributed by atoms with Crippen molar-refractivity contribution in [3.8, 4) is 0 Å². The Morgan fingerprint density at radius 3 is 2.00 bits per heavy atom. The van der Waals surface area contributed by atoms with Crippen molar-refractivity contribution in [3.63, 3.8) is 0 Å². The van der Waals surface area contributed by atoms with Crippen molar-refractivity contribution < 1.29 is 22.4 Å². The summed E-state index contributed by atoms with van der Waals surface area (Å²) in [6.07, 6.45) is 0.221. The van der Waals surface area contributed by atoms with Gasteiger partial charge in [-0.25, -0.2) is 12.8 Å². The molecule has 1 N–H and O–H groups in total. The second-order valence-corrected chi connectivity index (χ2v) is 12.5. The first-order chi connectivity index (χ1) is 20.6. The van der Waals surface area contributed by atoms with Crippen molar-refractivity contribution >= 4 is 27.5 Å². The van der Waals surface area contributed by atoms with Gasteiger partial charge in [-0.1, -0.05) is 72.8 Å². The Kier molecular flexibility index (Phi) is 10.3. The minimum atomic E-state index is -4.24. The van der Waals surface area contributed by atoms with E-state index in [9.17, 15) is 22.4 Å². The Hall–Kier alpha value is -4.50. The van der Waals surface area contributed by atoms with Crippen LogP contribution in [0.4, 0.5) is 10.1 Å². The van der Waals surface area contributed by atoms with E-state index in [-0.39, 0.29) is 35.5 Å². The summed E-state index contributed by atoms with van der Waals surface area (Å²) >= 11 is 0. The lowest BCUT2D eigenvalue weighted by atomic mass is 10.0. The van der Waals surface area contributed by atoms with Gasteiger partial charge >= 0.3 is 0 Å². The van der Waals surface area contributed by atoms with Crippen LogP contribution in [0, 0.1) is 12.7 Å². The first-order valence-electron chi connectivity index (χ1n) is 14.1. The molecule has 0 aliphatic rings. The zero-order chi connectivity index (χ0) is 31.0. The molecule has 0 spiro atoms. The quantitative estimate of drug-likeness (QED) is 0.233. The molecule has 0 aliphatic heterocycles. The van der Waals surface area contributed by atoms with Gasteiger partial charge in [-0.2, -0.15) is 0 Å². The zero-order valence-electron chi connectivity index (χ0n) is 24.5. The number of hydrogen-bond acceptors (Lipinski definition) is 4. The molecule has 0 heterocycles. The number of sulfonamides is 1. The van der Waals surface area contributed by atoms with Crippen LogP contribution in [-0.4, -0.2) is 43.8 Å². The number of amides is 2. The monoisotopic (exact) mass is 601 g/mol. The van der Waals surface area contributed by atoms with Crippen LogP contribution in [0.2, 0.25) is 0 Å². The van der Waals surface area contributed by atoms with E-state index in [0.29, 0.717) is 0 Å². The van der Waals surface area contributed by atoms with Crippen molar-refractivity contribution in [2.45, 2.75) is 50.7 Å². The fourth-order valence-electron chi connectivity index (χ4n) is 4.76. The van der Waals surface area contributed by atoms with Gasteiger partial charge in [-0.05, 0) is 73.9 Å². The van der Waals surface area contributed by atoms with E-state index < -0.39 is 34.3 Å². The number of nitrogens with one attached hydrogen (secondary N) is 1. The molecule has 0 aromatic heterocycles. The van der Waals surface area contributed by atoms with Crippen molar-refractivity contribution in [2.75, 3.05) is 10.8 Å². The number of aryl methyl sites for hydroxylation is 1. The number of benzene rings is 4. The van der Waals surface area contributed by atoms with E-state index >= 15 is 0 Å². The van der Waals surface area contributed by atoms with Crippen molar-refractivity contribution in [2.24, 2.45) is 0 Å².